The van der Waals surface area contributed by atoms with Crippen LogP contribution in [0.25, 0.3) is 5.57 Å². The number of benzene rings is 1. The lowest BCUT2D eigenvalue weighted by atomic mass is 9.85. The summed E-state index contributed by atoms with van der Waals surface area (Å²) < 4.78 is 16.5. The van der Waals surface area contributed by atoms with Crippen molar-refractivity contribution >= 4 is 46.5 Å². The van der Waals surface area contributed by atoms with Crippen LogP contribution in [0.2, 0.25) is 5.02 Å². The second kappa shape index (κ2) is 8.20. The summed E-state index contributed by atoms with van der Waals surface area (Å²) in [4.78, 5) is 23.9. The van der Waals surface area contributed by atoms with Crippen molar-refractivity contribution in [3.63, 3.8) is 0 Å². The van der Waals surface area contributed by atoms with Crippen molar-refractivity contribution < 1.29 is 23.8 Å². The van der Waals surface area contributed by atoms with Gasteiger partial charge in [-0.15, -0.1) is 0 Å². The zero-order chi connectivity index (χ0) is 20.3. The number of hydrogen-bond donors (Lipinski definition) is 2. The predicted molar refractivity (Wildman–Crippen MR) is 107 cm³/mol. The average molecular weight is 423 g/mol. The van der Waals surface area contributed by atoms with Crippen LogP contribution in [0.5, 0.6) is 0 Å². The molecule has 9 heteroatoms. The van der Waals surface area contributed by atoms with Crippen LogP contribution in [-0.4, -0.2) is 29.8 Å². The predicted octanol–water partition coefficient (Wildman–Crippen LogP) is 3.00. The Kier molecular flexibility index (Phi) is 5.90. The standard InChI is InChI=1S/C19H19ClN2O5S/c1-11(23)21-22-12-7-9-19(10-8-12)16(26-18(28)25-2)15(17(24)27-19)13-5-3-4-6-14(13)20/h3-7,22H,8-10H2,1-2H3,(H,21,23). The van der Waals surface area contributed by atoms with Gasteiger partial charge in [-0.2, -0.15) is 0 Å². The Balaban J connectivity index is 2.00. The molecule has 2 N–H and O–H groups in total. The maximum atomic E-state index is 12.8. The van der Waals surface area contributed by atoms with Gasteiger partial charge >= 0.3 is 11.2 Å². The third-order valence-corrected chi connectivity index (χ3v) is 5.08. The van der Waals surface area contributed by atoms with E-state index in [9.17, 15) is 9.59 Å². The van der Waals surface area contributed by atoms with E-state index in [1.807, 2.05) is 6.08 Å². The molecular weight excluding hydrogens is 404 g/mol. The lowest BCUT2D eigenvalue weighted by Gasteiger charge is -2.33. The van der Waals surface area contributed by atoms with Crippen LogP contribution >= 0.6 is 23.8 Å². The third-order valence-electron chi connectivity index (χ3n) is 4.50. The van der Waals surface area contributed by atoms with E-state index in [1.54, 1.807) is 24.3 Å². The molecule has 7 nitrogen and oxygen atoms in total. The molecule has 1 heterocycles. The molecule has 0 aromatic heterocycles. The van der Waals surface area contributed by atoms with Gasteiger partial charge in [0.15, 0.2) is 11.4 Å². The van der Waals surface area contributed by atoms with Gasteiger partial charge < -0.3 is 19.6 Å². The summed E-state index contributed by atoms with van der Waals surface area (Å²) in [7, 11) is 1.39. The van der Waals surface area contributed by atoms with Crippen molar-refractivity contribution in [2.45, 2.75) is 31.8 Å². The first-order chi connectivity index (χ1) is 13.4. The molecule has 1 atom stereocenters. The highest BCUT2D eigenvalue weighted by molar-refractivity contribution is 7.79. The summed E-state index contributed by atoms with van der Waals surface area (Å²) in [6, 6.07) is 6.95. The number of carbonyl (C=O) groups excluding carboxylic acids is 2. The quantitative estimate of drug-likeness (QED) is 0.438. The zero-order valence-electron chi connectivity index (χ0n) is 15.3. The van der Waals surface area contributed by atoms with Crippen molar-refractivity contribution in [2.75, 3.05) is 7.11 Å². The van der Waals surface area contributed by atoms with Crippen LogP contribution in [0.3, 0.4) is 0 Å². The summed E-state index contributed by atoms with van der Waals surface area (Å²) in [5, 5.41) is 0.277. The van der Waals surface area contributed by atoms with E-state index in [1.165, 1.54) is 14.0 Å². The number of esters is 1. The number of thiocarbonyl (C=S) groups is 1. The van der Waals surface area contributed by atoms with Gasteiger partial charge in [0.2, 0.25) is 5.91 Å². The van der Waals surface area contributed by atoms with Gasteiger partial charge in [0.1, 0.15) is 5.57 Å². The Bertz CT molecular complexity index is 898. The minimum Gasteiger partial charge on any atom is -0.460 e. The summed E-state index contributed by atoms with van der Waals surface area (Å²) in [5.41, 5.74) is 5.92. The van der Waals surface area contributed by atoms with E-state index in [-0.39, 0.29) is 22.5 Å². The van der Waals surface area contributed by atoms with Gasteiger partial charge in [-0.1, -0.05) is 35.9 Å². The molecule has 1 aromatic carbocycles. The molecule has 0 radical (unpaired) electrons. The molecule has 1 amide bonds. The van der Waals surface area contributed by atoms with E-state index in [4.69, 9.17) is 38.0 Å². The largest absolute Gasteiger partial charge is 0.460 e. The normalized spacial score (nSPS) is 21.1. The van der Waals surface area contributed by atoms with Gasteiger partial charge in [0.05, 0.1) is 7.11 Å². The molecular formula is C19H19ClN2O5S. The van der Waals surface area contributed by atoms with E-state index < -0.39 is 11.6 Å². The number of hydrogen-bond acceptors (Lipinski definition) is 7. The fourth-order valence-corrected chi connectivity index (χ4v) is 3.48. The summed E-state index contributed by atoms with van der Waals surface area (Å²) in [6.45, 7) is 1.41. The number of methoxy groups -OCH3 is 1. The van der Waals surface area contributed by atoms with E-state index in [2.05, 4.69) is 10.9 Å². The molecule has 1 aromatic rings. The minimum absolute atomic E-state index is 0.122. The smallest absolute Gasteiger partial charge is 0.357 e. The molecule has 1 unspecified atom stereocenters. The number of carbonyl (C=O) groups is 2. The summed E-state index contributed by atoms with van der Waals surface area (Å²) >= 11 is 11.4. The van der Waals surface area contributed by atoms with Gasteiger partial charge in [-0.25, -0.2) is 4.79 Å². The minimum atomic E-state index is -1.02. The second-order valence-corrected chi connectivity index (χ2v) is 7.10. The van der Waals surface area contributed by atoms with Crippen molar-refractivity contribution in [2.24, 2.45) is 0 Å². The SMILES string of the molecule is COC(=S)OC1=C(c2ccccc2Cl)C(=O)OC12CC=C(NNC(C)=O)CC2. The Morgan fingerprint density at radius 3 is 2.71 bits per heavy atom. The number of nitrogens with one attached hydrogen (secondary N) is 2. The molecule has 0 saturated carbocycles. The molecule has 0 fully saturated rings. The first-order valence-electron chi connectivity index (χ1n) is 8.57. The number of hydrazine groups is 1. The molecule has 3 rings (SSSR count). The Labute approximate surface area is 172 Å². The lowest BCUT2D eigenvalue weighted by molar-refractivity contribution is -0.147. The first kappa shape index (κ1) is 20.2. The molecule has 1 spiro atoms. The fraction of sp³-hybridized carbons (Fsp3) is 0.316. The summed E-state index contributed by atoms with van der Waals surface area (Å²) in [6.07, 6.45) is 3.15. The zero-order valence-corrected chi connectivity index (χ0v) is 16.9. The second-order valence-electron chi connectivity index (χ2n) is 6.36. The van der Waals surface area contributed by atoms with Gasteiger partial charge in [-0.3, -0.25) is 10.2 Å². The van der Waals surface area contributed by atoms with Crippen LogP contribution < -0.4 is 10.9 Å². The van der Waals surface area contributed by atoms with Crippen molar-refractivity contribution in [3.05, 3.63) is 52.4 Å². The fourth-order valence-electron chi connectivity index (χ4n) is 3.17. The highest BCUT2D eigenvalue weighted by Crippen LogP contribution is 2.47. The number of amides is 1. The maximum absolute atomic E-state index is 12.8. The topological polar surface area (TPSA) is 85.9 Å². The molecule has 0 bridgehead atoms. The molecule has 1 aliphatic heterocycles. The van der Waals surface area contributed by atoms with Gasteiger partial charge in [0, 0.05) is 48.3 Å². The number of allylic oxidation sites excluding steroid dienone is 1. The molecule has 28 heavy (non-hydrogen) atoms. The van der Waals surface area contributed by atoms with E-state index in [0.717, 1.165) is 5.70 Å². The van der Waals surface area contributed by atoms with E-state index >= 15 is 0 Å². The highest BCUT2D eigenvalue weighted by atomic mass is 35.5. The van der Waals surface area contributed by atoms with Crippen LogP contribution in [0.4, 0.5) is 0 Å². The monoisotopic (exact) mass is 422 g/mol. The molecule has 1 aliphatic carbocycles. The van der Waals surface area contributed by atoms with Crippen molar-refractivity contribution in [1.82, 2.24) is 10.9 Å². The van der Waals surface area contributed by atoms with Gasteiger partial charge in [-0.05, 0) is 12.5 Å². The summed E-state index contributed by atoms with van der Waals surface area (Å²) in [5.74, 6) is -0.454. The Morgan fingerprint density at radius 1 is 1.36 bits per heavy atom. The maximum Gasteiger partial charge on any atom is 0.357 e. The number of halogens is 1. The number of ether oxygens (including phenoxy) is 3. The molecule has 148 valence electrons. The average Bonchev–Trinajstić information content (AvgIpc) is 2.92. The van der Waals surface area contributed by atoms with Crippen LogP contribution in [0.15, 0.2) is 41.8 Å². The lowest BCUT2D eigenvalue weighted by Crippen LogP contribution is -2.40. The number of rotatable bonds is 4. The molecule has 2 aliphatic rings. The Hall–Kier alpha value is -2.58. The first-order valence-corrected chi connectivity index (χ1v) is 9.35. The van der Waals surface area contributed by atoms with Crippen LogP contribution in [0, 0.1) is 0 Å². The van der Waals surface area contributed by atoms with E-state index in [0.29, 0.717) is 29.8 Å². The molecule has 0 saturated heterocycles. The van der Waals surface area contributed by atoms with Crippen molar-refractivity contribution in [1.29, 1.82) is 0 Å². The van der Waals surface area contributed by atoms with Gasteiger partial charge in [0.25, 0.3) is 0 Å². The van der Waals surface area contributed by atoms with Crippen LogP contribution in [0.1, 0.15) is 31.7 Å². The Morgan fingerprint density at radius 2 is 2.11 bits per heavy atom. The third kappa shape index (κ3) is 3.98. The highest BCUT2D eigenvalue weighted by Gasteiger charge is 2.51. The van der Waals surface area contributed by atoms with Crippen LogP contribution in [-0.2, 0) is 23.8 Å². The van der Waals surface area contributed by atoms with Crippen molar-refractivity contribution in [3.8, 4) is 0 Å².